The van der Waals surface area contributed by atoms with Gasteiger partial charge in [-0.05, 0) is 51.3 Å². The largest absolute Gasteiger partial charge is 0.491 e. The van der Waals surface area contributed by atoms with Gasteiger partial charge in [0.15, 0.2) is 17.5 Å². The molecule has 28 heavy (non-hydrogen) atoms. The molecule has 1 aliphatic rings. The quantitative estimate of drug-likeness (QED) is 0.244. The van der Waals surface area contributed by atoms with Gasteiger partial charge in [0, 0.05) is 32.2 Å². The van der Waals surface area contributed by atoms with Crippen molar-refractivity contribution in [3.05, 3.63) is 41.7 Å². The Morgan fingerprint density at radius 3 is 2.61 bits per heavy atom. The van der Waals surface area contributed by atoms with Gasteiger partial charge < -0.3 is 15.4 Å². The minimum Gasteiger partial charge on any atom is -0.491 e. The van der Waals surface area contributed by atoms with Crippen LogP contribution < -0.4 is 15.4 Å². The fourth-order valence-corrected chi connectivity index (χ4v) is 3.22. The van der Waals surface area contributed by atoms with E-state index in [0.29, 0.717) is 19.2 Å². The molecule has 7 heteroatoms. The maximum absolute atomic E-state index is 14.0. The number of piperidine rings is 1. The first kappa shape index (κ1) is 24.7. The van der Waals surface area contributed by atoms with Gasteiger partial charge in [0.05, 0.1) is 13.2 Å². The first-order valence-electron chi connectivity index (χ1n) is 9.84. The van der Waals surface area contributed by atoms with Gasteiger partial charge in [-0.2, -0.15) is 0 Å². The van der Waals surface area contributed by atoms with Gasteiger partial charge >= 0.3 is 0 Å². The standard InChI is InChI=1S/C21H33FN4O.HI/c1-5-23-21(25-18-9-11-26(12-10-18)15-16(3)4)24-14-17-7-8-20(27-6-2)19(22)13-17;/h7-8,13,18H,3,5-6,9-12,14-15H2,1-2,4H3,(H2,23,24,25);1H. The van der Waals surface area contributed by atoms with Crippen LogP contribution in [-0.2, 0) is 6.54 Å². The number of nitrogens with zero attached hydrogens (tertiary/aromatic N) is 2. The number of hydrogen-bond donors (Lipinski definition) is 2. The lowest BCUT2D eigenvalue weighted by atomic mass is 10.0. The van der Waals surface area contributed by atoms with Crippen molar-refractivity contribution in [3.8, 4) is 5.75 Å². The zero-order chi connectivity index (χ0) is 19.6. The Bertz CT molecular complexity index is 645. The summed E-state index contributed by atoms with van der Waals surface area (Å²) < 4.78 is 19.2. The van der Waals surface area contributed by atoms with Gasteiger partial charge in [-0.1, -0.05) is 18.2 Å². The van der Waals surface area contributed by atoms with Crippen molar-refractivity contribution >= 4 is 29.9 Å². The number of ether oxygens (including phenoxy) is 1. The molecule has 0 unspecified atom stereocenters. The Kier molecular flexibility index (Phi) is 11.4. The first-order valence-corrected chi connectivity index (χ1v) is 9.84. The van der Waals surface area contributed by atoms with Crippen LogP contribution in [0.2, 0.25) is 0 Å². The molecule has 0 aromatic heterocycles. The van der Waals surface area contributed by atoms with Crippen LogP contribution in [-0.4, -0.2) is 49.7 Å². The second kappa shape index (κ2) is 13.0. The van der Waals surface area contributed by atoms with Gasteiger partial charge in [-0.15, -0.1) is 24.0 Å². The molecule has 1 aromatic rings. The number of aliphatic imine (C=N–C) groups is 1. The van der Waals surface area contributed by atoms with E-state index in [2.05, 4.69) is 34.0 Å². The van der Waals surface area contributed by atoms with Crippen molar-refractivity contribution in [1.82, 2.24) is 15.5 Å². The highest BCUT2D eigenvalue weighted by atomic mass is 127. The molecule has 0 aliphatic carbocycles. The Labute approximate surface area is 185 Å². The number of nitrogens with one attached hydrogen (secondary N) is 2. The highest BCUT2D eigenvalue weighted by Gasteiger charge is 2.19. The SMILES string of the molecule is C=C(C)CN1CCC(NC(=NCc2ccc(OCC)c(F)c2)NCC)CC1.I. The van der Waals surface area contributed by atoms with Crippen molar-refractivity contribution in [2.24, 2.45) is 4.99 Å². The minimum absolute atomic E-state index is 0. The van der Waals surface area contributed by atoms with Crippen molar-refractivity contribution < 1.29 is 9.13 Å². The van der Waals surface area contributed by atoms with Crippen molar-refractivity contribution in [2.75, 3.05) is 32.8 Å². The van der Waals surface area contributed by atoms with Gasteiger partial charge in [0.2, 0.25) is 0 Å². The van der Waals surface area contributed by atoms with Crippen LogP contribution in [0.5, 0.6) is 5.75 Å². The van der Waals surface area contributed by atoms with E-state index in [1.54, 1.807) is 6.07 Å². The molecule has 0 amide bonds. The third kappa shape index (κ3) is 8.34. The second-order valence-corrected chi connectivity index (χ2v) is 7.04. The van der Waals surface area contributed by atoms with Crippen LogP contribution in [0.3, 0.4) is 0 Å². The molecular weight excluding hydrogens is 470 g/mol. The molecule has 0 spiro atoms. The van der Waals surface area contributed by atoms with E-state index in [1.807, 2.05) is 19.9 Å². The Morgan fingerprint density at radius 2 is 2.04 bits per heavy atom. The van der Waals surface area contributed by atoms with Gasteiger partial charge in [-0.25, -0.2) is 9.38 Å². The lowest BCUT2D eigenvalue weighted by Crippen LogP contribution is -2.48. The summed E-state index contributed by atoms with van der Waals surface area (Å²) in [6.45, 7) is 14.7. The molecule has 0 atom stereocenters. The molecule has 158 valence electrons. The van der Waals surface area contributed by atoms with Crippen molar-refractivity contribution in [2.45, 2.75) is 46.2 Å². The third-order valence-electron chi connectivity index (χ3n) is 4.48. The monoisotopic (exact) mass is 504 g/mol. The molecule has 1 fully saturated rings. The fraction of sp³-hybridized carbons (Fsp3) is 0.571. The average molecular weight is 504 g/mol. The van der Waals surface area contributed by atoms with Crippen LogP contribution in [0.15, 0.2) is 35.3 Å². The summed E-state index contributed by atoms with van der Waals surface area (Å²) in [4.78, 5) is 7.06. The molecule has 0 radical (unpaired) electrons. The van der Waals surface area contributed by atoms with Crippen LogP contribution in [0, 0.1) is 5.82 Å². The number of likely N-dealkylation sites (tertiary alicyclic amines) is 1. The van der Waals surface area contributed by atoms with Crippen LogP contribution in [0.25, 0.3) is 0 Å². The maximum Gasteiger partial charge on any atom is 0.191 e. The Hall–Kier alpha value is -1.35. The fourth-order valence-electron chi connectivity index (χ4n) is 3.22. The summed E-state index contributed by atoms with van der Waals surface area (Å²) >= 11 is 0. The van der Waals surface area contributed by atoms with Gasteiger partial charge in [0.25, 0.3) is 0 Å². The molecular formula is C21H34FIN4O. The van der Waals surface area contributed by atoms with E-state index in [9.17, 15) is 4.39 Å². The van der Waals surface area contributed by atoms with Gasteiger partial charge in [0.1, 0.15) is 0 Å². The third-order valence-corrected chi connectivity index (χ3v) is 4.48. The lowest BCUT2D eigenvalue weighted by Gasteiger charge is -2.33. The molecule has 1 aliphatic heterocycles. The van der Waals surface area contributed by atoms with Gasteiger partial charge in [-0.3, -0.25) is 4.90 Å². The molecule has 5 nitrogen and oxygen atoms in total. The highest BCUT2D eigenvalue weighted by Crippen LogP contribution is 2.19. The molecule has 1 saturated heterocycles. The topological polar surface area (TPSA) is 48.9 Å². The predicted octanol–water partition coefficient (Wildman–Crippen LogP) is 3.94. The Balaban J connectivity index is 0.00000392. The number of guanidine groups is 1. The minimum atomic E-state index is -0.340. The molecule has 1 aromatic carbocycles. The second-order valence-electron chi connectivity index (χ2n) is 7.04. The number of hydrogen-bond acceptors (Lipinski definition) is 3. The van der Waals surface area contributed by atoms with Crippen LogP contribution >= 0.6 is 24.0 Å². The molecule has 1 heterocycles. The summed E-state index contributed by atoms with van der Waals surface area (Å²) in [7, 11) is 0. The van der Waals surface area contributed by atoms with E-state index in [-0.39, 0.29) is 35.5 Å². The van der Waals surface area contributed by atoms with E-state index >= 15 is 0 Å². The zero-order valence-electron chi connectivity index (χ0n) is 17.3. The maximum atomic E-state index is 14.0. The molecule has 2 N–H and O–H groups in total. The molecule has 0 saturated carbocycles. The van der Waals surface area contributed by atoms with Crippen LogP contribution in [0.1, 0.15) is 39.2 Å². The smallest absolute Gasteiger partial charge is 0.191 e. The summed E-state index contributed by atoms with van der Waals surface area (Å²) in [6.07, 6.45) is 2.16. The van der Waals surface area contributed by atoms with Crippen molar-refractivity contribution in [1.29, 1.82) is 0 Å². The predicted molar refractivity (Wildman–Crippen MR) is 125 cm³/mol. The Morgan fingerprint density at radius 1 is 1.32 bits per heavy atom. The van der Waals surface area contributed by atoms with E-state index < -0.39 is 0 Å². The summed E-state index contributed by atoms with van der Waals surface area (Å²) in [6, 6.07) is 5.42. The van der Waals surface area contributed by atoms with E-state index in [1.165, 1.54) is 11.6 Å². The van der Waals surface area contributed by atoms with E-state index in [0.717, 1.165) is 50.5 Å². The molecule has 0 bridgehead atoms. The number of benzene rings is 1. The molecule has 2 rings (SSSR count). The zero-order valence-corrected chi connectivity index (χ0v) is 19.6. The lowest BCUT2D eigenvalue weighted by molar-refractivity contribution is 0.221. The van der Waals surface area contributed by atoms with Crippen LogP contribution in [0.4, 0.5) is 4.39 Å². The highest BCUT2D eigenvalue weighted by molar-refractivity contribution is 14.0. The summed E-state index contributed by atoms with van der Waals surface area (Å²) in [5, 5.41) is 6.80. The number of rotatable bonds is 8. The summed E-state index contributed by atoms with van der Waals surface area (Å²) in [5.74, 6) is 0.731. The van der Waals surface area contributed by atoms with Crippen molar-refractivity contribution in [3.63, 3.8) is 0 Å². The number of halogens is 2. The van der Waals surface area contributed by atoms with E-state index in [4.69, 9.17) is 4.74 Å². The average Bonchev–Trinajstić information content (AvgIpc) is 2.63. The normalized spacial score (nSPS) is 15.6. The first-order chi connectivity index (χ1) is 13.0. The summed E-state index contributed by atoms with van der Waals surface area (Å²) in [5.41, 5.74) is 2.03.